The van der Waals surface area contributed by atoms with Crippen LogP contribution in [0.3, 0.4) is 0 Å². The first-order valence-corrected chi connectivity index (χ1v) is 20.9. The molecule has 51 heavy (non-hydrogen) atoms. The molecule has 272 valence electrons. The van der Waals surface area contributed by atoms with Crippen LogP contribution in [-0.4, -0.2) is 109 Å². The summed E-state index contributed by atoms with van der Waals surface area (Å²) in [5.41, 5.74) is 5.66. The normalized spacial score (nSPS) is 17.6. The summed E-state index contributed by atoms with van der Waals surface area (Å²) in [4.78, 5) is 16.9. The minimum absolute atomic E-state index is 0.341. The molecule has 0 radical (unpaired) electrons. The molecule has 4 aromatic rings. The molecule has 0 unspecified atom stereocenters. The van der Waals surface area contributed by atoms with Crippen molar-refractivity contribution in [1.82, 2.24) is 29.5 Å². The van der Waals surface area contributed by atoms with Crippen molar-refractivity contribution in [2.45, 2.75) is 45.2 Å². The van der Waals surface area contributed by atoms with Gasteiger partial charge in [0.2, 0.25) is 11.8 Å². The number of likely N-dealkylation sites (N-methyl/N-ethyl adjacent to an activating group) is 1. The number of ether oxygens (including phenoxy) is 2. The fraction of sp³-hybridized carbons (Fsp3) is 0.486. The van der Waals surface area contributed by atoms with E-state index < -0.39 is 7.14 Å². The molecule has 0 amide bonds. The Morgan fingerprint density at radius 1 is 1.00 bits per heavy atom. The van der Waals surface area contributed by atoms with Gasteiger partial charge in [-0.2, -0.15) is 10.1 Å². The highest BCUT2D eigenvalue weighted by molar-refractivity contribution is 7.70. The molecular formula is C37H49ClN9O3P. The molecule has 2 saturated heterocycles. The van der Waals surface area contributed by atoms with Crippen LogP contribution in [-0.2, 0) is 17.5 Å². The van der Waals surface area contributed by atoms with Crippen LogP contribution in [0.25, 0.3) is 11.1 Å². The van der Waals surface area contributed by atoms with Crippen LogP contribution in [0.1, 0.15) is 31.7 Å². The summed E-state index contributed by atoms with van der Waals surface area (Å²) in [5.74, 6) is 2.22. The van der Waals surface area contributed by atoms with Gasteiger partial charge in [0.25, 0.3) is 0 Å². The van der Waals surface area contributed by atoms with Gasteiger partial charge in [-0.15, -0.1) is 0 Å². The molecule has 2 fully saturated rings. The van der Waals surface area contributed by atoms with E-state index in [2.05, 4.69) is 61.5 Å². The maximum absolute atomic E-state index is 13.6. The zero-order chi connectivity index (χ0) is 35.7. The SMILES string of the molecule is CCc1cc(Nc2ncc(Cl)c(Nc3ccc(-c4cnn5c4OCCC5)cc3P(C)(C)=O)n2)c(OC)cc1N1CCC(N2CCN(C)CC2)CC1. The molecule has 0 bridgehead atoms. The second-order valence-electron chi connectivity index (χ2n) is 14.1. The van der Waals surface area contributed by atoms with Crippen LogP contribution in [0.5, 0.6) is 11.6 Å². The zero-order valence-corrected chi connectivity index (χ0v) is 31.9. The third kappa shape index (κ3) is 7.70. The standard InChI is InChI=1S/C37H49ClN9O3P/c1-6-25-20-31(33(49-3)22-32(25)46-13-10-27(11-14-46)45-17-15-44(2)16-18-45)42-37-39-24-29(38)35(43-37)41-30-9-8-26(21-34(30)51(4,5)48)28-23-40-47-12-7-19-50-36(28)47/h8-9,20-24,27H,6-7,10-19H2,1-5H3,(H2,39,41,42,43). The molecule has 3 aliphatic rings. The van der Waals surface area contributed by atoms with Crippen molar-refractivity contribution in [1.29, 1.82) is 0 Å². The number of nitrogens with zero attached hydrogens (tertiary/aromatic N) is 7. The van der Waals surface area contributed by atoms with Crippen LogP contribution < -0.4 is 30.3 Å². The van der Waals surface area contributed by atoms with Gasteiger partial charge in [-0.3, -0.25) is 4.90 Å². The van der Waals surface area contributed by atoms with Gasteiger partial charge in [0, 0.05) is 75.3 Å². The second kappa shape index (κ2) is 15.0. The van der Waals surface area contributed by atoms with Gasteiger partial charge in [-0.25, -0.2) is 9.67 Å². The van der Waals surface area contributed by atoms with Gasteiger partial charge in [-0.05, 0) is 69.0 Å². The van der Waals surface area contributed by atoms with Crippen molar-refractivity contribution in [2.75, 3.05) is 88.9 Å². The Bertz CT molecular complexity index is 1920. The van der Waals surface area contributed by atoms with Crippen molar-refractivity contribution >= 4 is 52.9 Å². The van der Waals surface area contributed by atoms with Crippen molar-refractivity contribution in [3.05, 3.63) is 53.3 Å². The highest BCUT2D eigenvalue weighted by atomic mass is 35.5. The van der Waals surface area contributed by atoms with Crippen molar-refractivity contribution in [3.63, 3.8) is 0 Å². The molecule has 2 aromatic heterocycles. The minimum atomic E-state index is -2.74. The second-order valence-corrected chi connectivity index (χ2v) is 17.7. The number of piperazine rings is 1. The number of hydrogen-bond donors (Lipinski definition) is 2. The molecule has 3 aliphatic heterocycles. The number of fused-ring (bicyclic) bond motifs is 1. The number of nitrogens with one attached hydrogen (secondary N) is 2. The molecule has 2 aromatic carbocycles. The summed E-state index contributed by atoms with van der Waals surface area (Å²) < 4.78 is 27.3. The topological polar surface area (TPSA) is 113 Å². The van der Waals surface area contributed by atoms with Crippen LogP contribution in [0, 0.1) is 0 Å². The third-order valence-corrected chi connectivity index (χ3v) is 12.1. The summed E-state index contributed by atoms with van der Waals surface area (Å²) in [6.45, 7) is 13.8. The molecule has 12 nitrogen and oxygen atoms in total. The van der Waals surface area contributed by atoms with E-state index in [1.807, 2.05) is 29.1 Å². The first-order chi connectivity index (χ1) is 24.6. The number of piperidine rings is 1. The van der Waals surface area contributed by atoms with Gasteiger partial charge >= 0.3 is 0 Å². The lowest BCUT2D eigenvalue weighted by Crippen LogP contribution is -2.52. The molecule has 0 saturated carbocycles. The van der Waals surface area contributed by atoms with Crippen molar-refractivity contribution in [3.8, 4) is 22.8 Å². The Labute approximate surface area is 305 Å². The van der Waals surface area contributed by atoms with E-state index in [1.54, 1.807) is 26.6 Å². The van der Waals surface area contributed by atoms with Gasteiger partial charge in [0.15, 0.2) is 5.82 Å². The Hall–Kier alpha value is -3.83. The minimum Gasteiger partial charge on any atom is -0.494 e. The molecule has 5 heterocycles. The summed E-state index contributed by atoms with van der Waals surface area (Å²) >= 11 is 6.64. The monoisotopic (exact) mass is 733 g/mol. The largest absolute Gasteiger partial charge is 0.494 e. The zero-order valence-electron chi connectivity index (χ0n) is 30.3. The predicted octanol–water partition coefficient (Wildman–Crippen LogP) is 6.30. The molecular weight excluding hydrogens is 685 g/mol. The lowest BCUT2D eigenvalue weighted by atomic mass is 9.99. The van der Waals surface area contributed by atoms with Crippen LogP contribution in [0.4, 0.5) is 28.8 Å². The van der Waals surface area contributed by atoms with E-state index in [0.29, 0.717) is 40.4 Å². The lowest BCUT2D eigenvalue weighted by Gasteiger charge is -2.43. The number of halogens is 1. The number of methoxy groups -OCH3 is 1. The highest BCUT2D eigenvalue weighted by Crippen LogP contribution is 2.42. The van der Waals surface area contributed by atoms with Gasteiger partial charge < -0.3 is 34.5 Å². The van der Waals surface area contributed by atoms with Gasteiger partial charge in [0.05, 0.1) is 43.0 Å². The highest BCUT2D eigenvalue weighted by Gasteiger charge is 2.28. The Kier molecular flexibility index (Phi) is 10.5. The van der Waals surface area contributed by atoms with Crippen LogP contribution in [0.2, 0.25) is 5.02 Å². The smallest absolute Gasteiger partial charge is 0.229 e. The quantitative estimate of drug-likeness (QED) is 0.179. The maximum atomic E-state index is 13.6. The van der Waals surface area contributed by atoms with E-state index in [4.69, 9.17) is 26.1 Å². The van der Waals surface area contributed by atoms with E-state index in [0.717, 1.165) is 87.1 Å². The summed E-state index contributed by atoms with van der Waals surface area (Å²) in [5, 5.41) is 12.2. The number of hydrogen-bond acceptors (Lipinski definition) is 11. The number of aryl methyl sites for hydroxylation is 2. The molecule has 0 spiro atoms. The van der Waals surface area contributed by atoms with Crippen molar-refractivity contribution < 1.29 is 14.0 Å². The predicted molar refractivity (Wildman–Crippen MR) is 207 cm³/mol. The van der Waals surface area contributed by atoms with E-state index in [-0.39, 0.29) is 0 Å². The third-order valence-electron chi connectivity index (χ3n) is 10.3. The molecule has 7 rings (SSSR count). The lowest BCUT2D eigenvalue weighted by molar-refractivity contribution is 0.0982. The Morgan fingerprint density at radius 2 is 1.78 bits per heavy atom. The molecule has 14 heteroatoms. The summed E-state index contributed by atoms with van der Waals surface area (Å²) in [6.07, 6.45) is 7.51. The summed E-state index contributed by atoms with van der Waals surface area (Å²) in [6, 6.07) is 10.8. The summed E-state index contributed by atoms with van der Waals surface area (Å²) in [7, 11) is 1.17. The van der Waals surface area contributed by atoms with E-state index >= 15 is 0 Å². The average Bonchev–Trinajstić information content (AvgIpc) is 3.57. The molecule has 0 aliphatic carbocycles. The first-order valence-electron chi connectivity index (χ1n) is 17.9. The average molecular weight is 734 g/mol. The maximum Gasteiger partial charge on any atom is 0.229 e. The number of aromatic nitrogens is 4. The fourth-order valence-electron chi connectivity index (χ4n) is 7.40. The first kappa shape index (κ1) is 35.6. The number of rotatable bonds is 10. The van der Waals surface area contributed by atoms with Crippen LogP contribution in [0.15, 0.2) is 42.7 Å². The van der Waals surface area contributed by atoms with Gasteiger partial charge in [0.1, 0.15) is 17.9 Å². The van der Waals surface area contributed by atoms with Crippen molar-refractivity contribution in [2.24, 2.45) is 0 Å². The van der Waals surface area contributed by atoms with Gasteiger partial charge in [-0.1, -0.05) is 24.6 Å². The van der Waals surface area contributed by atoms with E-state index in [9.17, 15) is 4.57 Å². The molecule has 2 N–H and O–H groups in total. The Balaban J connectivity index is 1.10. The fourth-order valence-corrected chi connectivity index (χ4v) is 8.70. The van der Waals surface area contributed by atoms with Crippen LogP contribution >= 0.6 is 18.7 Å². The Morgan fingerprint density at radius 3 is 2.51 bits per heavy atom. The molecule has 0 atom stereocenters. The number of anilines is 5. The number of benzene rings is 2. The van der Waals surface area contributed by atoms with E-state index in [1.165, 1.54) is 24.1 Å².